The van der Waals surface area contributed by atoms with Crippen LogP contribution < -0.4 is 4.74 Å². The quantitative estimate of drug-likeness (QED) is 0.435. The van der Waals surface area contributed by atoms with Gasteiger partial charge in [-0.15, -0.1) is 0 Å². The van der Waals surface area contributed by atoms with E-state index in [9.17, 15) is 14.9 Å². The van der Waals surface area contributed by atoms with E-state index in [4.69, 9.17) is 9.47 Å². The maximum absolute atomic E-state index is 11.6. The van der Waals surface area contributed by atoms with Crippen LogP contribution in [0.3, 0.4) is 0 Å². The van der Waals surface area contributed by atoms with Crippen molar-refractivity contribution in [2.75, 3.05) is 13.2 Å². The first-order valence-electron chi connectivity index (χ1n) is 6.57. The second-order valence-corrected chi connectivity index (χ2v) is 4.48. The van der Waals surface area contributed by atoms with E-state index in [-0.39, 0.29) is 23.6 Å². The Morgan fingerprint density at radius 2 is 2.10 bits per heavy atom. The number of esters is 1. The smallest absolute Gasteiger partial charge is 0.338 e. The minimum absolute atomic E-state index is 0.148. The molecule has 1 rings (SSSR count). The van der Waals surface area contributed by atoms with Crippen molar-refractivity contribution in [3.05, 3.63) is 33.9 Å². The van der Waals surface area contributed by atoms with Crippen LogP contribution in [0.1, 0.15) is 37.6 Å². The third-order valence-electron chi connectivity index (χ3n) is 2.89. The summed E-state index contributed by atoms with van der Waals surface area (Å²) in [5.41, 5.74) is -0.0757. The highest BCUT2D eigenvalue weighted by atomic mass is 16.6. The Labute approximate surface area is 117 Å². The molecule has 0 saturated heterocycles. The number of nitro benzene ring substituents is 1. The van der Waals surface area contributed by atoms with Crippen molar-refractivity contribution in [1.82, 2.24) is 0 Å². The number of nitro groups is 1. The summed E-state index contributed by atoms with van der Waals surface area (Å²) in [5.74, 6) is -0.105. The Morgan fingerprint density at radius 3 is 2.65 bits per heavy atom. The van der Waals surface area contributed by atoms with Gasteiger partial charge in [-0.1, -0.05) is 20.3 Å². The molecular formula is C14H19NO5. The van der Waals surface area contributed by atoms with Crippen LogP contribution in [0.5, 0.6) is 5.75 Å². The molecule has 20 heavy (non-hydrogen) atoms. The number of carbonyl (C=O) groups is 1. The summed E-state index contributed by atoms with van der Waals surface area (Å²) in [6.07, 6.45) is 0.925. The van der Waals surface area contributed by atoms with Gasteiger partial charge in [-0.3, -0.25) is 10.1 Å². The summed E-state index contributed by atoms with van der Waals surface area (Å²) in [6, 6.07) is 4.09. The Morgan fingerprint density at radius 1 is 1.40 bits per heavy atom. The van der Waals surface area contributed by atoms with Crippen LogP contribution in [0.4, 0.5) is 5.69 Å². The van der Waals surface area contributed by atoms with E-state index in [0.717, 1.165) is 6.42 Å². The lowest BCUT2D eigenvalue weighted by Gasteiger charge is -2.11. The zero-order chi connectivity index (χ0) is 15.1. The molecule has 0 spiro atoms. The minimum Gasteiger partial charge on any atom is -0.487 e. The predicted molar refractivity (Wildman–Crippen MR) is 74.0 cm³/mol. The Bertz CT molecular complexity index is 486. The van der Waals surface area contributed by atoms with E-state index < -0.39 is 10.9 Å². The van der Waals surface area contributed by atoms with E-state index >= 15 is 0 Å². The first-order valence-corrected chi connectivity index (χ1v) is 6.57. The molecule has 0 N–H and O–H groups in total. The molecule has 1 aromatic rings. The second kappa shape index (κ2) is 7.47. The molecule has 1 atom stereocenters. The monoisotopic (exact) mass is 281 g/mol. The summed E-state index contributed by atoms with van der Waals surface area (Å²) in [5, 5.41) is 11.0. The van der Waals surface area contributed by atoms with Gasteiger partial charge in [0.05, 0.1) is 23.7 Å². The third-order valence-corrected chi connectivity index (χ3v) is 2.89. The van der Waals surface area contributed by atoms with E-state index in [1.807, 2.05) is 13.8 Å². The molecule has 6 nitrogen and oxygen atoms in total. The molecule has 0 unspecified atom stereocenters. The Balaban J connectivity index is 2.96. The fourth-order valence-corrected chi connectivity index (χ4v) is 1.47. The van der Waals surface area contributed by atoms with Crippen LogP contribution in [-0.4, -0.2) is 24.1 Å². The Kier molecular flexibility index (Phi) is 5.96. The van der Waals surface area contributed by atoms with Crippen molar-refractivity contribution in [3.63, 3.8) is 0 Å². The first kappa shape index (κ1) is 15.9. The molecule has 0 aliphatic heterocycles. The minimum atomic E-state index is -0.580. The molecule has 0 heterocycles. The summed E-state index contributed by atoms with van der Waals surface area (Å²) >= 11 is 0. The fraction of sp³-hybridized carbons (Fsp3) is 0.500. The average Bonchev–Trinajstić information content (AvgIpc) is 2.44. The standard InChI is InChI=1S/C14H19NO5/c1-4-10(3)9-20-13-7-6-11(14(16)19-5-2)8-12(13)15(17)18/h6-8,10H,4-5,9H2,1-3H3/t10-/m0/s1. The zero-order valence-corrected chi connectivity index (χ0v) is 11.9. The maximum atomic E-state index is 11.6. The number of hydrogen-bond donors (Lipinski definition) is 0. The number of carbonyl (C=O) groups excluding carboxylic acids is 1. The molecule has 0 aromatic heterocycles. The van der Waals surface area contributed by atoms with Crippen LogP contribution >= 0.6 is 0 Å². The summed E-state index contributed by atoms with van der Waals surface area (Å²) in [7, 11) is 0. The van der Waals surface area contributed by atoms with Gasteiger partial charge in [-0.2, -0.15) is 0 Å². The first-order chi connectivity index (χ1) is 9.49. The number of rotatable bonds is 7. The summed E-state index contributed by atoms with van der Waals surface area (Å²) < 4.78 is 10.3. The van der Waals surface area contributed by atoms with Gasteiger partial charge < -0.3 is 9.47 Å². The Hall–Kier alpha value is -2.11. The lowest BCUT2D eigenvalue weighted by molar-refractivity contribution is -0.385. The highest BCUT2D eigenvalue weighted by molar-refractivity contribution is 5.90. The number of benzene rings is 1. The van der Waals surface area contributed by atoms with Crippen LogP contribution in [0.25, 0.3) is 0 Å². The maximum Gasteiger partial charge on any atom is 0.338 e. The zero-order valence-electron chi connectivity index (χ0n) is 11.9. The molecule has 0 aliphatic carbocycles. The number of ether oxygens (including phenoxy) is 2. The SMILES string of the molecule is CCOC(=O)c1ccc(OC[C@@H](C)CC)c([N+](=O)[O-])c1. The molecule has 1 aromatic carbocycles. The van der Waals surface area contributed by atoms with Gasteiger partial charge in [-0.05, 0) is 25.0 Å². The van der Waals surface area contributed by atoms with Gasteiger partial charge in [0.15, 0.2) is 5.75 Å². The molecule has 0 aliphatic rings. The van der Waals surface area contributed by atoms with Gasteiger partial charge in [0.2, 0.25) is 0 Å². The van der Waals surface area contributed by atoms with Crippen molar-refractivity contribution in [2.45, 2.75) is 27.2 Å². The molecule has 6 heteroatoms. The molecule has 0 saturated carbocycles. The normalized spacial score (nSPS) is 11.8. The fourth-order valence-electron chi connectivity index (χ4n) is 1.47. The van der Waals surface area contributed by atoms with Crippen LogP contribution in [-0.2, 0) is 4.74 Å². The van der Waals surface area contributed by atoms with Crippen molar-refractivity contribution in [3.8, 4) is 5.75 Å². The van der Waals surface area contributed by atoms with E-state index in [2.05, 4.69) is 0 Å². The van der Waals surface area contributed by atoms with Crippen molar-refractivity contribution in [2.24, 2.45) is 5.92 Å². The highest BCUT2D eigenvalue weighted by Gasteiger charge is 2.19. The van der Waals surface area contributed by atoms with E-state index in [1.165, 1.54) is 18.2 Å². The molecule has 0 radical (unpaired) electrons. The van der Waals surface area contributed by atoms with Gasteiger partial charge in [0.25, 0.3) is 0 Å². The van der Waals surface area contributed by atoms with Crippen molar-refractivity contribution < 1.29 is 19.2 Å². The second-order valence-electron chi connectivity index (χ2n) is 4.48. The highest BCUT2D eigenvalue weighted by Crippen LogP contribution is 2.28. The van der Waals surface area contributed by atoms with E-state index in [1.54, 1.807) is 6.92 Å². The predicted octanol–water partition coefficient (Wildman–Crippen LogP) is 3.20. The van der Waals surface area contributed by atoms with Gasteiger partial charge in [0, 0.05) is 6.07 Å². The topological polar surface area (TPSA) is 78.7 Å². The molecule has 110 valence electrons. The average molecular weight is 281 g/mol. The van der Waals surface area contributed by atoms with Gasteiger partial charge in [-0.25, -0.2) is 4.79 Å². The van der Waals surface area contributed by atoms with E-state index in [0.29, 0.717) is 12.5 Å². The molecule has 0 bridgehead atoms. The summed E-state index contributed by atoms with van der Waals surface area (Å²) in [6.45, 7) is 6.32. The van der Waals surface area contributed by atoms with Crippen molar-refractivity contribution >= 4 is 11.7 Å². The van der Waals surface area contributed by atoms with Gasteiger partial charge in [0.1, 0.15) is 0 Å². The third kappa shape index (κ3) is 4.22. The van der Waals surface area contributed by atoms with Crippen LogP contribution in [0, 0.1) is 16.0 Å². The van der Waals surface area contributed by atoms with Crippen molar-refractivity contribution in [1.29, 1.82) is 0 Å². The largest absolute Gasteiger partial charge is 0.487 e. The molecular weight excluding hydrogens is 262 g/mol. The summed E-state index contributed by atoms with van der Waals surface area (Å²) in [4.78, 5) is 22.0. The number of hydrogen-bond acceptors (Lipinski definition) is 5. The lowest BCUT2D eigenvalue weighted by Crippen LogP contribution is -2.10. The van der Waals surface area contributed by atoms with Crippen LogP contribution in [0.15, 0.2) is 18.2 Å². The number of nitrogens with zero attached hydrogens (tertiary/aromatic N) is 1. The van der Waals surface area contributed by atoms with Crippen LogP contribution in [0.2, 0.25) is 0 Å². The lowest BCUT2D eigenvalue weighted by atomic mass is 10.1. The molecule has 0 fully saturated rings. The van der Waals surface area contributed by atoms with Gasteiger partial charge >= 0.3 is 11.7 Å². The molecule has 0 amide bonds.